The largest absolute Gasteiger partial charge is 0.508 e. The van der Waals surface area contributed by atoms with E-state index in [1.807, 2.05) is 112 Å². The molecule has 9 aromatic carbocycles. The van der Waals surface area contributed by atoms with E-state index in [0.717, 1.165) is 162 Å². The van der Waals surface area contributed by atoms with Crippen molar-refractivity contribution >= 4 is 98.9 Å². The summed E-state index contributed by atoms with van der Waals surface area (Å²) in [5.41, 5.74) is 24.3. The van der Waals surface area contributed by atoms with Crippen molar-refractivity contribution in [3.05, 3.63) is 343 Å². The van der Waals surface area contributed by atoms with Gasteiger partial charge >= 0.3 is 0 Å². The summed E-state index contributed by atoms with van der Waals surface area (Å²) in [4.78, 5) is 28.8. The first kappa shape index (κ1) is 86.3. The van der Waals surface area contributed by atoms with Crippen LogP contribution in [0.1, 0.15) is 124 Å². The molecule has 0 N–H and O–H groups in total. The summed E-state index contributed by atoms with van der Waals surface area (Å²) in [6.45, 7) is 32.0. The first-order valence-electron chi connectivity index (χ1n) is 42.1. The molecule has 0 unspecified atom stereocenters. The summed E-state index contributed by atoms with van der Waals surface area (Å²) >= 11 is 0. The molecule has 0 saturated heterocycles. The number of aryl methyl sites for hydroxylation is 7. The molecule has 18 nitrogen and oxygen atoms in total. The SMILES string of the molecule is Cc1cc(Oc2[c-]c3c(cc2)c2cccc4c2n3-c2ncccc2C4(C)C)[c-]c(-n2[cH+]n(C(C)C)c3ccc(C)nc32)c1.Cc1cc(Oc2[c-]c3c(cc2)c2ccccc2n3-c2cc(C)ccn2)[c-]c(-n2[cH+]n(C(C)C)c3ccc(C)nc32)c1.Cc1cc(Oc2[c-]c3c(cc2)c2ccccc2n3-c2ccccn2)[c-]c(-n2[cH+]n(C(C)C)c3ccc(C)nc32)c1.[Pt].[Pt].[Pt]. The van der Waals surface area contributed by atoms with Crippen molar-refractivity contribution in [2.45, 2.75) is 127 Å². The summed E-state index contributed by atoms with van der Waals surface area (Å²) < 4.78 is 38.9. The molecule has 640 valence electrons. The molecule has 1 aliphatic rings. The van der Waals surface area contributed by atoms with E-state index in [1.54, 1.807) is 0 Å². The third-order valence-electron chi connectivity index (χ3n) is 23.4. The van der Waals surface area contributed by atoms with E-state index < -0.39 is 0 Å². The van der Waals surface area contributed by atoms with Crippen LogP contribution in [0.2, 0.25) is 0 Å². The Hall–Kier alpha value is -12.8. The number of rotatable bonds is 14. The summed E-state index contributed by atoms with van der Waals surface area (Å²) in [6, 6.07) is 96.8. The van der Waals surface area contributed by atoms with Gasteiger partial charge in [-0.05, 0) is 157 Å². The van der Waals surface area contributed by atoms with E-state index in [1.165, 1.54) is 22.0 Å². The van der Waals surface area contributed by atoms with E-state index in [0.29, 0.717) is 52.6 Å². The standard InChI is InChI=1S/C37H32N5O.C35H30N5O.C34H28N5O.3Pt/c1-22(2)40-21-41(36-32(40)15-12-24(4)39-36)25-17-23(3)18-27(19-25)43-26-13-14-28-29-9-7-10-30-34(29)42(33(28)20-26)35-31(37(30,5)6)11-8-16-38-35;1-22(2)38-21-39(35-32(38)13-10-25(5)37-35)26-16-24(4)17-28(19-26)41-27-11-12-30-29-8-6-7-9-31(29)40(33(30)20-27)34-18-23(3)14-15-36-34;1-22(2)37-21-38(34-31(37)15-12-24(4)36-34)25-17-23(3)18-27(19-25)40-26-13-14-29-28-9-5-6-10-30(28)39(32(29)20-26)33-11-7-8-16-35-33;;;/h7-18,21-22H,1-6H3;6-18,21-22H,1-5H3;5-18,21-22H,1-4H3;;;/q3*-1;;;. The number of nitrogens with zero attached hydrogens (tertiary/aromatic N) is 15. The van der Waals surface area contributed by atoms with Gasteiger partial charge in [0.05, 0.1) is 35.2 Å². The summed E-state index contributed by atoms with van der Waals surface area (Å²) in [6.07, 6.45) is 11.8. The molecule has 0 bridgehead atoms. The van der Waals surface area contributed by atoms with Crippen molar-refractivity contribution in [1.29, 1.82) is 0 Å². The quantitative estimate of drug-likeness (QED) is 0.0970. The number of fused-ring (bicyclic) bond motifs is 14. The molecule has 0 atom stereocenters. The van der Waals surface area contributed by atoms with Crippen LogP contribution < -0.4 is 14.2 Å². The number of hydrogen-bond donors (Lipinski definition) is 0. The average Bonchev–Trinajstić information content (AvgIpc) is 1.57. The number of pyridine rings is 6. The molecule has 0 saturated carbocycles. The van der Waals surface area contributed by atoms with Crippen LogP contribution in [-0.4, -0.2) is 71.0 Å². The van der Waals surface area contributed by atoms with Crippen LogP contribution in [0.15, 0.2) is 256 Å². The second kappa shape index (κ2) is 34.5. The molecule has 21 heteroatoms. The molecular formula is C106H90N15O3Pt3-3. The fourth-order valence-electron chi connectivity index (χ4n) is 17.6. The zero-order chi connectivity index (χ0) is 85.2. The summed E-state index contributed by atoms with van der Waals surface area (Å²) in [5, 5.41) is 6.83. The maximum absolute atomic E-state index is 6.51. The van der Waals surface area contributed by atoms with E-state index in [-0.39, 0.29) is 68.6 Å². The van der Waals surface area contributed by atoms with Gasteiger partial charge in [-0.1, -0.05) is 154 Å². The molecule has 0 aliphatic carbocycles. The van der Waals surface area contributed by atoms with Crippen molar-refractivity contribution in [3.8, 4) is 69.0 Å². The predicted octanol–water partition coefficient (Wildman–Crippen LogP) is 25.5. The second-order valence-corrected chi connectivity index (χ2v) is 33.7. The van der Waals surface area contributed by atoms with E-state index in [2.05, 4.69) is 335 Å². The molecule has 22 rings (SSSR count). The minimum absolute atomic E-state index is 0. The third-order valence-corrected chi connectivity index (χ3v) is 23.4. The fraction of sp³-hybridized carbons (Fsp3) is 0.179. The Bertz CT molecular complexity index is 7870. The average molecular weight is 2210 g/mol. The predicted molar refractivity (Wildman–Crippen MR) is 496 cm³/mol. The van der Waals surface area contributed by atoms with Crippen LogP contribution in [0.5, 0.6) is 34.5 Å². The minimum Gasteiger partial charge on any atom is -0.508 e. The maximum Gasteiger partial charge on any atom is 0.282 e. The molecule has 127 heavy (non-hydrogen) atoms. The molecule has 21 aromatic rings. The number of hydrogen-bond acceptors (Lipinski definition) is 9. The van der Waals surface area contributed by atoms with Crippen molar-refractivity contribution in [1.82, 2.24) is 71.0 Å². The molecule has 13 heterocycles. The number of para-hydroxylation sites is 3. The molecule has 0 fully saturated rings. The molecule has 0 amide bonds. The van der Waals surface area contributed by atoms with Gasteiger partial charge in [-0.3, -0.25) is 0 Å². The fourth-order valence-corrected chi connectivity index (χ4v) is 17.6. The van der Waals surface area contributed by atoms with E-state index in [4.69, 9.17) is 34.1 Å². The first-order valence-corrected chi connectivity index (χ1v) is 42.1. The minimum atomic E-state index is -0.163. The van der Waals surface area contributed by atoms with Crippen LogP contribution in [-0.2, 0) is 68.6 Å². The van der Waals surface area contributed by atoms with Gasteiger partial charge in [-0.15, -0.1) is 87.4 Å². The number of benzene rings is 9. The zero-order valence-electron chi connectivity index (χ0n) is 72.9. The smallest absolute Gasteiger partial charge is 0.282 e. The topological polar surface area (TPSA) is 149 Å². The summed E-state index contributed by atoms with van der Waals surface area (Å²) in [5.74, 6) is 6.38. The number of imidazole rings is 3. The van der Waals surface area contributed by atoms with Crippen molar-refractivity contribution < 1.29 is 77.4 Å². The normalized spacial score (nSPS) is 12.1. The van der Waals surface area contributed by atoms with Crippen LogP contribution in [0.4, 0.5) is 0 Å². The van der Waals surface area contributed by atoms with Gasteiger partial charge in [0.15, 0.2) is 35.5 Å². The van der Waals surface area contributed by atoms with Gasteiger partial charge in [0.25, 0.3) is 16.9 Å². The van der Waals surface area contributed by atoms with Gasteiger partial charge < -0.3 is 27.9 Å². The van der Waals surface area contributed by atoms with Crippen molar-refractivity contribution in [2.24, 2.45) is 0 Å². The Kier molecular flexibility index (Phi) is 23.4. The zero-order valence-corrected chi connectivity index (χ0v) is 79.7. The Morgan fingerprint density at radius 2 is 0.709 bits per heavy atom. The van der Waals surface area contributed by atoms with Crippen LogP contribution in [0.3, 0.4) is 0 Å². The Morgan fingerprint density at radius 3 is 1.14 bits per heavy atom. The molecule has 1 aliphatic heterocycles. The van der Waals surface area contributed by atoms with Crippen molar-refractivity contribution in [2.75, 3.05) is 0 Å². The Labute approximate surface area is 780 Å². The summed E-state index contributed by atoms with van der Waals surface area (Å²) in [7, 11) is 0. The Morgan fingerprint density at radius 1 is 0.315 bits per heavy atom. The van der Waals surface area contributed by atoms with Gasteiger partial charge in [0, 0.05) is 179 Å². The van der Waals surface area contributed by atoms with Crippen molar-refractivity contribution in [3.63, 3.8) is 0 Å². The maximum atomic E-state index is 6.51. The van der Waals surface area contributed by atoms with Crippen LogP contribution >= 0.6 is 0 Å². The number of aromatic nitrogens is 15. The molecule has 12 aromatic heterocycles. The number of ether oxygens (including phenoxy) is 3. The van der Waals surface area contributed by atoms with Crippen LogP contribution in [0, 0.1) is 84.9 Å². The van der Waals surface area contributed by atoms with Gasteiger partial charge in [-0.25, -0.2) is 28.7 Å². The van der Waals surface area contributed by atoms with Gasteiger partial charge in [0.2, 0.25) is 0 Å². The monoisotopic (exact) mass is 2210 g/mol. The molecule has 0 radical (unpaired) electrons. The van der Waals surface area contributed by atoms with Gasteiger partial charge in [0.1, 0.15) is 17.5 Å². The van der Waals surface area contributed by atoms with Crippen LogP contribution in [0.25, 0.3) is 133 Å². The molecule has 0 spiro atoms. The Balaban J connectivity index is 0.000000133. The van der Waals surface area contributed by atoms with E-state index >= 15 is 0 Å². The molecular weight excluding hydrogens is 2120 g/mol. The first-order chi connectivity index (χ1) is 60.0. The van der Waals surface area contributed by atoms with E-state index in [9.17, 15) is 0 Å². The van der Waals surface area contributed by atoms with Gasteiger partial charge in [-0.2, -0.15) is 46.9 Å². The third kappa shape index (κ3) is 15.7. The second-order valence-electron chi connectivity index (χ2n) is 33.7.